The first-order valence-electron chi connectivity index (χ1n) is 5.72. The van der Waals surface area contributed by atoms with Crippen molar-refractivity contribution < 1.29 is 22.7 Å². The second kappa shape index (κ2) is 6.42. The maximum absolute atomic E-state index is 12.3. The number of primary amides is 1. The fraction of sp³-hybridized carbons (Fsp3) is 0.417. The van der Waals surface area contributed by atoms with Gasteiger partial charge in [-0.25, -0.2) is 0 Å². The highest BCUT2D eigenvalue weighted by Gasteiger charge is 2.33. The number of alkyl halides is 3. The fourth-order valence-corrected chi connectivity index (χ4v) is 1.59. The summed E-state index contributed by atoms with van der Waals surface area (Å²) in [6.45, 7) is 2.32. The van der Waals surface area contributed by atoms with Gasteiger partial charge in [-0.15, -0.1) is 13.2 Å². The van der Waals surface area contributed by atoms with Crippen LogP contribution in [-0.4, -0.2) is 18.8 Å². The molecule has 4 nitrogen and oxygen atoms in total. The van der Waals surface area contributed by atoms with Crippen LogP contribution in [-0.2, 0) is 4.79 Å². The van der Waals surface area contributed by atoms with Crippen molar-refractivity contribution in [2.24, 2.45) is 5.73 Å². The molecule has 1 unspecified atom stereocenters. The number of hydrogen-bond acceptors (Lipinski definition) is 3. The topological polar surface area (TPSA) is 64.3 Å². The Labute approximate surface area is 108 Å². The summed E-state index contributed by atoms with van der Waals surface area (Å²) in [6, 6.07) is 4.41. The fourth-order valence-electron chi connectivity index (χ4n) is 1.59. The molecular formula is C12H15F3N2O2. The average molecular weight is 276 g/mol. The summed E-state index contributed by atoms with van der Waals surface area (Å²) in [7, 11) is 0. The van der Waals surface area contributed by atoms with Crippen LogP contribution in [0.15, 0.2) is 24.3 Å². The number of nitrogens with two attached hydrogens (primary N) is 1. The Balaban J connectivity index is 3.05. The monoisotopic (exact) mass is 276 g/mol. The Bertz CT molecular complexity index is 435. The summed E-state index contributed by atoms with van der Waals surface area (Å²) in [5.41, 5.74) is 5.27. The highest BCUT2D eigenvalue weighted by molar-refractivity contribution is 5.82. The van der Waals surface area contributed by atoms with Gasteiger partial charge in [-0.05, 0) is 19.0 Å². The number of carbonyl (C=O) groups is 1. The van der Waals surface area contributed by atoms with Crippen LogP contribution in [0.4, 0.5) is 13.2 Å². The van der Waals surface area contributed by atoms with Crippen LogP contribution in [0.2, 0.25) is 0 Å². The molecule has 0 radical (unpaired) electrons. The molecule has 1 amide bonds. The van der Waals surface area contributed by atoms with E-state index < -0.39 is 24.1 Å². The standard InChI is InChI=1S/C12H15F3N2O2/c1-2-7-17-10(11(16)18)8-5-3-4-6-9(8)19-12(13,14)15/h3-6,10,17H,2,7H2,1H3,(H2,16,18). The van der Waals surface area contributed by atoms with Crippen molar-refractivity contribution in [1.82, 2.24) is 5.32 Å². The summed E-state index contributed by atoms with van der Waals surface area (Å²) >= 11 is 0. The molecule has 0 bridgehead atoms. The zero-order chi connectivity index (χ0) is 14.5. The summed E-state index contributed by atoms with van der Waals surface area (Å²) < 4.78 is 40.7. The molecule has 0 saturated heterocycles. The van der Waals surface area contributed by atoms with Crippen molar-refractivity contribution in [1.29, 1.82) is 0 Å². The van der Waals surface area contributed by atoms with Crippen molar-refractivity contribution in [3.63, 3.8) is 0 Å². The number of hydrogen-bond donors (Lipinski definition) is 2. The molecule has 0 spiro atoms. The van der Waals surface area contributed by atoms with Gasteiger partial charge >= 0.3 is 6.36 Å². The first-order chi connectivity index (χ1) is 8.85. The van der Waals surface area contributed by atoms with Gasteiger partial charge in [0.15, 0.2) is 0 Å². The van der Waals surface area contributed by atoms with E-state index in [1.54, 1.807) is 0 Å². The molecule has 1 rings (SSSR count). The Kier molecular flexibility index (Phi) is 5.17. The lowest BCUT2D eigenvalue weighted by atomic mass is 10.1. The van der Waals surface area contributed by atoms with E-state index >= 15 is 0 Å². The molecular weight excluding hydrogens is 261 g/mol. The van der Waals surface area contributed by atoms with E-state index in [0.29, 0.717) is 13.0 Å². The van der Waals surface area contributed by atoms with E-state index in [9.17, 15) is 18.0 Å². The normalized spacial score (nSPS) is 13.1. The summed E-state index contributed by atoms with van der Waals surface area (Å²) in [4.78, 5) is 11.3. The maximum Gasteiger partial charge on any atom is 0.573 e. The van der Waals surface area contributed by atoms with Crippen molar-refractivity contribution in [2.45, 2.75) is 25.7 Å². The number of ether oxygens (including phenoxy) is 1. The van der Waals surface area contributed by atoms with Crippen LogP contribution < -0.4 is 15.8 Å². The molecule has 106 valence electrons. The maximum atomic E-state index is 12.3. The van der Waals surface area contributed by atoms with Crippen molar-refractivity contribution in [2.75, 3.05) is 6.54 Å². The van der Waals surface area contributed by atoms with Gasteiger partial charge in [0.05, 0.1) is 0 Å². The zero-order valence-electron chi connectivity index (χ0n) is 10.3. The molecule has 0 aliphatic rings. The second-order valence-corrected chi connectivity index (χ2v) is 3.88. The summed E-state index contributed by atoms with van der Waals surface area (Å²) in [6.07, 6.45) is -4.10. The third-order valence-electron chi connectivity index (χ3n) is 2.34. The Hall–Kier alpha value is -1.76. The van der Waals surface area contributed by atoms with Crippen molar-refractivity contribution in [3.8, 4) is 5.75 Å². The molecule has 0 aliphatic heterocycles. The van der Waals surface area contributed by atoms with E-state index in [2.05, 4.69) is 10.1 Å². The molecule has 19 heavy (non-hydrogen) atoms. The predicted molar refractivity (Wildman–Crippen MR) is 63.4 cm³/mol. The van der Waals surface area contributed by atoms with Crippen LogP contribution >= 0.6 is 0 Å². The van der Waals surface area contributed by atoms with Crippen LogP contribution in [0.1, 0.15) is 24.9 Å². The third kappa shape index (κ3) is 4.78. The number of benzene rings is 1. The van der Waals surface area contributed by atoms with Crippen LogP contribution in [0.25, 0.3) is 0 Å². The number of carbonyl (C=O) groups excluding carboxylic acids is 1. The highest BCUT2D eigenvalue weighted by atomic mass is 19.4. The predicted octanol–water partition coefficient (Wildman–Crippen LogP) is 2.11. The average Bonchev–Trinajstić information content (AvgIpc) is 2.29. The Morgan fingerprint density at radius 2 is 2.05 bits per heavy atom. The molecule has 1 aromatic rings. The molecule has 0 fully saturated rings. The summed E-state index contributed by atoms with van der Waals surface area (Å²) in [5, 5.41) is 2.79. The van der Waals surface area contributed by atoms with Gasteiger partial charge in [-0.1, -0.05) is 25.1 Å². The van der Waals surface area contributed by atoms with E-state index in [1.807, 2.05) is 6.92 Å². The van der Waals surface area contributed by atoms with Gasteiger partial charge in [0.2, 0.25) is 5.91 Å². The first kappa shape index (κ1) is 15.3. The molecule has 0 saturated carbocycles. The molecule has 7 heteroatoms. The molecule has 0 aliphatic carbocycles. The molecule has 1 aromatic carbocycles. The minimum Gasteiger partial charge on any atom is -0.405 e. The Morgan fingerprint density at radius 1 is 1.42 bits per heavy atom. The van der Waals surface area contributed by atoms with Crippen molar-refractivity contribution in [3.05, 3.63) is 29.8 Å². The smallest absolute Gasteiger partial charge is 0.405 e. The van der Waals surface area contributed by atoms with Crippen LogP contribution in [0, 0.1) is 0 Å². The van der Waals surface area contributed by atoms with Crippen molar-refractivity contribution >= 4 is 5.91 Å². The Morgan fingerprint density at radius 3 is 2.58 bits per heavy atom. The minimum absolute atomic E-state index is 0.0702. The van der Waals surface area contributed by atoms with E-state index in [4.69, 9.17) is 5.73 Å². The zero-order valence-corrected chi connectivity index (χ0v) is 10.3. The lowest BCUT2D eigenvalue weighted by Gasteiger charge is -2.19. The van der Waals surface area contributed by atoms with Gasteiger partial charge < -0.3 is 15.8 Å². The number of halogens is 3. The number of amides is 1. The van der Waals surface area contributed by atoms with Gasteiger partial charge in [-0.3, -0.25) is 4.79 Å². The van der Waals surface area contributed by atoms with E-state index in [1.165, 1.54) is 18.2 Å². The summed E-state index contributed by atoms with van der Waals surface area (Å²) in [5.74, 6) is -1.19. The van der Waals surface area contributed by atoms with Gasteiger partial charge in [0.1, 0.15) is 11.8 Å². The quantitative estimate of drug-likeness (QED) is 0.836. The lowest BCUT2D eigenvalue weighted by molar-refractivity contribution is -0.275. The van der Waals surface area contributed by atoms with E-state index in [0.717, 1.165) is 6.07 Å². The largest absolute Gasteiger partial charge is 0.573 e. The lowest BCUT2D eigenvalue weighted by Crippen LogP contribution is -2.34. The van der Waals surface area contributed by atoms with Gasteiger partial charge in [0, 0.05) is 5.56 Å². The molecule has 0 heterocycles. The van der Waals surface area contributed by atoms with Crippen LogP contribution in [0.3, 0.4) is 0 Å². The van der Waals surface area contributed by atoms with E-state index in [-0.39, 0.29) is 5.56 Å². The third-order valence-corrected chi connectivity index (χ3v) is 2.34. The molecule has 0 aromatic heterocycles. The van der Waals surface area contributed by atoms with Gasteiger partial charge in [0.25, 0.3) is 0 Å². The number of nitrogens with one attached hydrogen (secondary N) is 1. The molecule has 3 N–H and O–H groups in total. The number of rotatable bonds is 6. The minimum atomic E-state index is -4.82. The van der Waals surface area contributed by atoms with Crippen LogP contribution in [0.5, 0.6) is 5.75 Å². The second-order valence-electron chi connectivity index (χ2n) is 3.88. The molecule has 1 atom stereocenters. The SMILES string of the molecule is CCCNC(C(N)=O)c1ccccc1OC(F)(F)F. The number of para-hydroxylation sites is 1. The van der Waals surface area contributed by atoms with Gasteiger partial charge in [-0.2, -0.15) is 0 Å². The first-order valence-corrected chi connectivity index (χ1v) is 5.72. The highest BCUT2D eigenvalue weighted by Crippen LogP contribution is 2.30.